The first-order valence-corrected chi connectivity index (χ1v) is 6.91. The van der Waals surface area contributed by atoms with Gasteiger partial charge in [0.2, 0.25) is 5.91 Å². The summed E-state index contributed by atoms with van der Waals surface area (Å²) < 4.78 is 23.2. The lowest BCUT2D eigenvalue weighted by Crippen LogP contribution is -2.25. The molecule has 92 valence electrons. The fourth-order valence-corrected chi connectivity index (χ4v) is 2.85. The molecule has 0 fully saturated rings. The molecule has 0 aliphatic rings. The van der Waals surface area contributed by atoms with Crippen molar-refractivity contribution in [1.29, 1.82) is 0 Å². The predicted molar refractivity (Wildman–Crippen MR) is 69.0 cm³/mol. The van der Waals surface area contributed by atoms with Crippen molar-refractivity contribution in [3.05, 3.63) is 35.4 Å². The molecule has 0 heterocycles. The molecule has 0 saturated carbocycles. The lowest BCUT2D eigenvalue weighted by Gasteiger charge is -2.07. The number of nitrogens with two attached hydrogens (primary N) is 2. The summed E-state index contributed by atoms with van der Waals surface area (Å²) in [6.45, 7) is 0. The van der Waals surface area contributed by atoms with Gasteiger partial charge < -0.3 is 11.5 Å². The Morgan fingerprint density at radius 2 is 1.82 bits per heavy atom. The van der Waals surface area contributed by atoms with E-state index in [9.17, 15) is 13.2 Å². The van der Waals surface area contributed by atoms with Crippen molar-refractivity contribution in [2.24, 2.45) is 11.5 Å². The van der Waals surface area contributed by atoms with Gasteiger partial charge in [-0.05, 0) is 5.56 Å². The largest absolute Gasteiger partial charge is 0.389 e. The Labute approximate surface area is 105 Å². The van der Waals surface area contributed by atoms with Gasteiger partial charge in [0, 0.05) is 5.56 Å². The number of benzene rings is 1. The van der Waals surface area contributed by atoms with Crippen molar-refractivity contribution in [3.63, 3.8) is 0 Å². The predicted octanol–water partition coefficient (Wildman–Crippen LogP) is -0.279. The van der Waals surface area contributed by atoms with Gasteiger partial charge in [0.05, 0.1) is 5.75 Å². The Bertz CT molecular complexity index is 552. The third-order valence-corrected chi connectivity index (χ3v) is 3.72. The normalized spacial score (nSPS) is 11.1. The molecule has 4 N–H and O–H groups in total. The van der Waals surface area contributed by atoms with Crippen LogP contribution in [-0.4, -0.2) is 25.1 Å². The number of sulfone groups is 1. The quantitative estimate of drug-likeness (QED) is 0.718. The zero-order valence-corrected chi connectivity index (χ0v) is 10.6. The second-order valence-electron chi connectivity index (χ2n) is 3.52. The topological polar surface area (TPSA) is 103 Å². The van der Waals surface area contributed by atoms with Crippen molar-refractivity contribution >= 4 is 33.0 Å². The van der Waals surface area contributed by atoms with Crippen LogP contribution >= 0.6 is 12.2 Å². The molecule has 1 aromatic carbocycles. The van der Waals surface area contributed by atoms with Gasteiger partial charge in [-0.2, -0.15) is 0 Å². The van der Waals surface area contributed by atoms with Gasteiger partial charge in [-0.15, -0.1) is 0 Å². The monoisotopic (exact) mass is 272 g/mol. The molecule has 1 amide bonds. The van der Waals surface area contributed by atoms with Crippen molar-refractivity contribution in [3.8, 4) is 0 Å². The molecule has 7 heteroatoms. The number of thiocarbonyl (C=S) groups is 1. The van der Waals surface area contributed by atoms with Crippen LogP contribution in [0.3, 0.4) is 0 Å². The summed E-state index contributed by atoms with van der Waals surface area (Å²) in [5.74, 6) is -1.86. The van der Waals surface area contributed by atoms with E-state index in [0.717, 1.165) is 0 Å². The average molecular weight is 272 g/mol. The molecule has 0 bridgehead atoms. The van der Waals surface area contributed by atoms with E-state index in [0.29, 0.717) is 11.1 Å². The van der Waals surface area contributed by atoms with E-state index in [2.05, 4.69) is 0 Å². The molecule has 17 heavy (non-hydrogen) atoms. The van der Waals surface area contributed by atoms with E-state index >= 15 is 0 Å². The number of hydrogen-bond acceptors (Lipinski definition) is 4. The third-order valence-electron chi connectivity index (χ3n) is 2.02. The highest BCUT2D eigenvalue weighted by Crippen LogP contribution is 2.13. The second kappa shape index (κ2) is 5.24. The van der Waals surface area contributed by atoms with Crippen LogP contribution in [0.2, 0.25) is 0 Å². The van der Waals surface area contributed by atoms with Gasteiger partial charge in [-0.1, -0.05) is 36.5 Å². The molecule has 0 aliphatic heterocycles. The zero-order valence-electron chi connectivity index (χ0n) is 8.92. The smallest absolute Gasteiger partial charge is 0.232 e. The van der Waals surface area contributed by atoms with Crippen LogP contribution < -0.4 is 11.5 Å². The number of rotatable bonds is 5. The molecule has 0 saturated heterocycles. The van der Waals surface area contributed by atoms with Gasteiger partial charge in [-0.3, -0.25) is 4.79 Å². The van der Waals surface area contributed by atoms with Gasteiger partial charge in [0.15, 0.2) is 9.84 Å². The maximum Gasteiger partial charge on any atom is 0.232 e. The summed E-state index contributed by atoms with van der Waals surface area (Å²) in [5, 5.41) is 0. The number of carbonyl (C=O) groups is 1. The van der Waals surface area contributed by atoms with Gasteiger partial charge >= 0.3 is 0 Å². The van der Waals surface area contributed by atoms with Crippen molar-refractivity contribution < 1.29 is 13.2 Å². The van der Waals surface area contributed by atoms with E-state index in [1.165, 1.54) is 0 Å². The van der Waals surface area contributed by atoms with E-state index < -0.39 is 21.5 Å². The van der Waals surface area contributed by atoms with E-state index in [-0.39, 0.29) is 10.7 Å². The van der Waals surface area contributed by atoms with Crippen LogP contribution in [0.5, 0.6) is 0 Å². The van der Waals surface area contributed by atoms with Crippen molar-refractivity contribution in [2.45, 2.75) is 5.75 Å². The van der Waals surface area contributed by atoms with Gasteiger partial charge in [0.1, 0.15) is 10.7 Å². The fraction of sp³-hybridized carbons (Fsp3) is 0.200. The molecule has 1 rings (SSSR count). The summed E-state index contributed by atoms with van der Waals surface area (Å²) in [6, 6.07) is 6.63. The van der Waals surface area contributed by atoms with Crippen LogP contribution in [-0.2, 0) is 20.4 Å². The maximum atomic E-state index is 11.6. The van der Waals surface area contributed by atoms with Crippen LogP contribution in [0.1, 0.15) is 11.1 Å². The average Bonchev–Trinajstić information content (AvgIpc) is 2.14. The molecule has 5 nitrogen and oxygen atoms in total. The summed E-state index contributed by atoms with van der Waals surface area (Å²) >= 11 is 4.82. The summed E-state index contributed by atoms with van der Waals surface area (Å²) in [6.07, 6.45) is 0. The molecule has 1 aromatic rings. The second-order valence-corrected chi connectivity index (χ2v) is 6.02. The third kappa shape index (κ3) is 4.12. The first-order valence-electron chi connectivity index (χ1n) is 4.68. The Morgan fingerprint density at radius 3 is 2.35 bits per heavy atom. The minimum atomic E-state index is -3.58. The Morgan fingerprint density at radius 1 is 1.24 bits per heavy atom. The van der Waals surface area contributed by atoms with Crippen LogP contribution in [0.4, 0.5) is 0 Å². The maximum absolute atomic E-state index is 11.6. The number of hydrogen-bond donors (Lipinski definition) is 2. The Balaban J connectivity index is 3.04. The lowest BCUT2D eigenvalue weighted by molar-refractivity contribution is -0.115. The van der Waals surface area contributed by atoms with Crippen molar-refractivity contribution in [1.82, 2.24) is 0 Å². The number of amides is 1. The molecular formula is C10H12N2O3S2. The van der Waals surface area contributed by atoms with Gasteiger partial charge in [0.25, 0.3) is 0 Å². The molecule has 0 aliphatic carbocycles. The molecule has 0 atom stereocenters. The zero-order chi connectivity index (χ0) is 13.1. The fourth-order valence-electron chi connectivity index (χ4n) is 1.39. The number of primary amides is 1. The highest BCUT2D eigenvalue weighted by Gasteiger charge is 2.17. The molecule has 0 spiro atoms. The van der Waals surface area contributed by atoms with Crippen LogP contribution in [0, 0.1) is 0 Å². The van der Waals surface area contributed by atoms with Crippen LogP contribution in [0.25, 0.3) is 0 Å². The molecular weight excluding hydrogens is 260 g/mol. The summed E-state index contributed by atoms with van der Waals surface area (Å²) in [4.78, 5) is 10.7. The van der Waals surface area contributed by atoms with E-state index in [4.69, 9.17) is 23.7 Å². The minimum Gasteiger partial charge on any atom is -0.389 e. The van der Waals surface area contributed by atoms with Gasteiger partial charge in [-0.25, -0.2) is 8.42 Å². The molecule has 0 aromatic heterocycles. The van der Waals surface area contributed by atoms with E-state index in [1.54, 1.807) is 24.3 Å². The Hall–Kier alpha value is -1.47. The minimum absolute atomic E-state index is 0.120. The summed E-state index contributed by atoms with van der Waals surface area (Å²) in [7, 11) is -3.58. The van der Waals surface area contributed by atoms with E-state index in [1.807, 2.05) is 0 Å². The van der Waals surface area contributed by atoms with Crippen LogP contribution in [0.15, 0.2) is 24.3 Å². The number of carbonyl (C=O) groups excluding carboxylic acids is 1. The highest BCUT2D eigenvalue weighted by atomic mass is 32.2. The molecule has 0 unspecified atom stereocenters. The Kier molecular flexibility index (Phi) is 4.19. The SMILES string of the molecule is NC(=O)CS(=O)(=O)Cc1ccccc1C(N)=S. The first kappa shape index (κ1) is 13.6. The molecule has 0 radical (unpaired) electrons. The van der Waals surface area contributed by atoms with Crippen molar-refractivity contribution in [2.75, 3.05) is 5.75 Å². The first-order chi connectivity index (χ1) is 7.82. The standard InChI is InChI=1S/C10H12N2O3S2/c11-9(13)6-17(14,15)5-7-3-1-2-4-8(7)10(12)16/h1-4H,5-6H2,(H2,11,13)(H2,12,16). The summed E-state index contributed by atoms with van der Waals surface area (Å²) in [5.41, 5.74) is 11.3. The lowest BCUT2D eigenvalue weighted by atomic mass is 10.1. The highest BCUT2D eigenvalue weighted by molar-refractivity contribution is 7.91.